The summed E-state index contributed by atoms with van der Waals surface area (Å²) < 4.78 is 39.0. The maximum atomic E-state index is 13.3. The molecule has 1 aromatic rings. The summed E-state index contributed by atoms with van der Waals surface area (Å²) in [6, 6.07) is -0.414. The maximum absolute atomic E-state index is 13.3. The van der Waals surface area contributed by atoms with Crippen LogP contribution in [0.2, 0.25) is 0 Å². The Morgan fingerprint density at radius 1 is 1.41 bits per heavy atom. The molecule has 3 nitrogen and oxygen atoms in total. The van der Waals surface area contributed by atoms with E-state index < -0.39 is 35.9 Å². The molecule has 1 atom stereocenters. The monoisotopic (exact) mass is 269 g/mol. The average molecular weight is 270 g/mol. The molecule has 0 radical (unpaired) electrons. The predicted molar refractivity (Wildman–Crippen MR) is 57.5 cm³/mol. The summed E-state index contributed by atoms with van der Waals surface area (Å²) in [5, 5.41) is 8.48. The van der Waals surface area contributed by atoms with Crippen molar-refractivity contribution in [2.45, 2.75) is 19.4 Å². The smallest absolute Gasteiger partial charge is 0.305 e. The highest BCUT2D eigenvalue weighted by atomic mass is 35.5. The van der Waals surface area contributed by atoms with E-state index in [1.807, 2.05) is 0 Å². The highest BCUT2D eigenvalue weighted by Gasteiger charge is 2.22. The summed E-state index contributed by atoms with van der Waals surface area (Å²) in [5.41, 5.74) is 5.19. The second-order valence-electron chi connectivity index (χ2n) is 3.42. The molecule has 0 saturated carbocycles. The number of carboxylic acid groups (broad SMARTS) is 1. The van der Waals surface area contributed by atoms with Crippen molar-refractivity contribution >= 4 is 18.4 Å². The Kier molecular flexibility index (Phi) is 5.44. The minimum atomic E-state index is -1.64. The minimum absolute atomic E-state index is 0. The lowest BCUT2D eigenvalue weighted by molar-refractivity contribution is -0.137. The number of halogens is 4. The molecule has 0 aliphatic carbocycles. The molecule has 1 aromatic carbocycles. The van der Waals surface area contributed by atoms with Crippen LogP contribution in [-0.2, 0) is 4.79 Å². The Labute approximate surface area is 102 Å². The Hall–Kier alpha value is -1.27. The van der Waals surface area contributed by atoms with Crippen LogP contribution in [0.15, 0.2) is 6.07 Å². The Morgan fingerprint density at radius 3 is 2.41 bits per heavy atom. The normalized spacial score (nSPS) is 11.8. The number of carboxylic acids is 1. The van der Waals surface area contributed by atoms with Gasteiger partial charge >= 0.3 is 5.97 Å². The first-order chi connectivity index (χ1) is 7.34. The zero-order valence-corrected chi connectivity index (χ0v) is 9.65. The van der Waals surface area contributed by atoms with Gasteiger partial charge in [-0.15, -0.1) is 12.4 Å². The van der Waals surface area contributed by atoms with E-state index in [-0.39, 0.29) is 23.5 Å². The lowest BCUT2D eigenvalue weighted by Crippen LogP contribution is -2.19. The molecule has 0 saturated heterocycles. The van der Waals surface area contributed by atoms with E-state index in [1.54, 1.807) is 0 Å². The number of carbonyl (C=O) groups is 1. The molecule has 1 rings (SSSR count). The number of hydrogen-bond donors (Lipinski definition) is 2. The molecule has 0 spiro atoms. The molecular formula is C10H11ClF3NO2. The van der Waals surface area contributed by atoms with Gasteiger partial charge in [0.05, 0.1) is 6.42 Å². The lowest BCUT2D eigenvalue weighted by atomic mass is 9.98. The van der Waals surface area contributed by atoms with Gasteiger partial charge in [0.2, 0.25) is 0 Å². The van der Waals surface area contributed by atoms with Crippen LogP contribution in [0.1, 0.15) is 23.6 Å². The molecule has 17 heavy (non-hydrogen) atoms. The number of aryl methyl sites for hydroxylation is 1. The Morgan fingerprint density at radius 2 is 1.94 bits per heavy atom. The van der Waals surface area contributed by atoms with Gasteiger partial charge in [-0.3, -0.25) is 4.79 Å². The van der Waals surface area contributed by atoms with E-state index in [2.05, 4.69) is 0 Å². The maximum Gasteiger partial charge on any atom is 0.305 e. The van der Waals surface area contributed by atoms with E-state index in [9.17, 15) is 18.0 Å². The molecule has 0 heterocycles. The van der Waals surface area contributed by atoms with Crippen molar-refractivity contribution in [2.24, 2.45) is 5.73 Å². The van der Waals surface area contributed by atoms with Crippen molar-refractivity contribution in [3.63, 3.8) is 0 Å². The molecule has 0 bridgehead atoms. The van der Waals surface area contributed by atoms with Crippen LogP contribution >= 0.6 is 12.4 Å². The summed E-state index contributed by atoms with van der Waals surface area (Å²) >= 11 is 0. The molecule has 0 fully saturated rings. The molecule has 0 aliphatic rings. The number of rotatable bonds is 3. The van der Waals surface area contributed by atoms with Crippen LogP contribution in [0.5, 0.6) is 0 Å². The second kappa shape index (κ2) is 5.88. The fraction of sp³-hybridized carbons (Fsp3) is 0.300. The summed E-state index contributed by atoms with van der Waals surface area (Å²) in [4.78, 5) is 10.4. The largest absolute Gasteiger partial charge is 0.481 e. The third-order valence-corrected chi connectivity index (χ3v) is 2.17. The summed E-state index contributed by atoms with van der Waals surface area (Å²) in [6.07, 6.45) is -0.553. The third kappa shape index (κ3) is 3.34. The van der Waals surface area contributed by atoms with Gasteiger partial charge in [-0.25, -0.2) is 13.2 Å². The fourth-order valence-corrected chi connectivity index (χ4v) is 1.47. The van der Waals surface area contributed by atoms with Gasteiger partial charge < -0.3 is 10.8 Å². The highest BCUT2D eigenvalue weighted by Crippen LogP contribution is 2.25. The van der Waals surface area contributed by atoms with E-state index in [0.29, 0.717) is 0 Å². The van der Waals surface area contributed by atoms with Crippen LogP contribution in [-0.4, -0.2) is 11.1 Å². The van der Waals surface area contributed by atoms with Crippen molar-refractivity contribution in [1.82, 2.24) is 0 Å². The van der Waals surface area contributed by atoms with Gasteiger partial charge in [0.25, 0.3) is 0 Å². The van der Waals surface area contributed by atoms with E-state index in [4.69, 9.17) is 10.8 Å². The number of benzene rings is 1. The summed E-state index contributed by atoms with van der Waals surface area (Å²) in [5.74, 6) is -5.62. The van der Waals surface area contributed by atoms with Crippen LogP contribution in [0.25, 0.3) is 0 Å². The van der Waals surface area contributed by atoms with Crippen molar-refractivity contribution in [3.8, 4) is 0 Å². The summed E-state index contributed by atoms with van der Waals surface area (Å²) in [7, 11) is 0. The number of nitrogens with two attached hydrogens (primary N) is 1. The second-order valence-corrected chi connectivity index (χ2v) is 3.42. The predicted octanol–water partition coefficient (Wildman–Crippen LogP) is 2.31. The standard InChI is InChI=1S/C10H10F3NO2.ClH/c1-4-2-5(11)9(12)10(13)8(4)6(14)3-7(15)16;/h2,6H,3,14H2,1H3,(H,15,16);1H. The molecule has 7 heteroatoms. The third-order valence-electron chi connectivity index (χ3n) is 2.17. The molecule has 0 amide bonds. The van der Waals surface area contributed by atoms with E-state index in [1.165, 1.54) is 6.92 Å². The number of hydrogen-bond acceptors (Lipinski definition) is 2. The highest BCUT2D eigenvalue weighted by molar-refractivity contribution is 5.85. The van der Waals surface area contributed by atoms with Crippen molar-refractivity contribution in [2.75, 3.05) is 0 Å². The molecule has 1 unspecified atom stereocenters. The van der Waals surface area contributed by atoms with Crippen LogP contribution in [0.3, 0.4) is 0 Å². The zero-order chi connectivity index (χ0) is 12.5. The molecular weight excluding hydrogens is 259 g/mol. The first-order valence-electron chi connectivity index (χ1n) is 4.46. The van der Waals surface area contributed by atoms with Gasteiger partial charge in [0.15, 0.2) is 17.5 Å². The van der Waals surface area contributed by atoms with Crippen molar-refractivity contribution in [1.29, 1.82) is 0 Å². The van der Waals surface area contributed by atoms with Crippen molar-refractivity contribution < 1.29 is 23.1 Å². The van der Waals surface area contributed by atoms with Gasteiger partial charge in [0.1, 0.15) is 0 Å². The van der Waals surface area contributed by atoms with Crippen LogP contribution in [0, 0.1) is 24.4 Å². The van der Waals surface area contributed by atoms with E-state index in [0.717, 1.165) is 6.07 Å². The SMILES string of the molecule is Cc1cc(F)c(F)c(F)c1C(N)CC(=O)O.Cl. The first kappa shape index (κ1) is 15.7. The quantitative estimate of drug-likeness (QED) is 0.828. The van der Waals surface area contributed by atoms with Gasteiger partial charge in [-0.05, 0) is 18.6 Å². The number of aliphatic carboxylic acids is 1. The average Bonchev–Trinajstić information content (AvgIpc) is 2.13. The Bertz CT molecular complexity index is 440. The molecule has 0 aromatic heterocycles. The topological polar surface area (TPSA) is 63.3 Å². The van der Waals surface area contributed by atoms with Gasteiger partial charge in [0, 0.05) is 11.6 Å². The van der Waals surface area contributed by atoms with Gasteiger partial charge in [-0.1, -0.05) is 0 Å². The zero-order valence-electron chi connectivity index (χ0n) is 8.84. The molecule has 0 aliphatic heterocycles. The van der Waals surface area contributed by atoms with E-state index >= 15 is 0 Å². The van der Waals surface area contributed by atoms with Crippen LogP contribution in [0.4, 0.5) is 13.2 Å². The first-order valence-corrected chi connectivity index (χ1v) is 4.46. The minimum Gasteiger partial charge on any atom is -0.481 e. The van der Waals surface area contributed by atoms with Crippen LogP contribution < -0.4 is 5.73 Å². The lowest BCUT2D eigenvalue weighted by Gasteiger charge is -2.14. The molecule has 96 valence electrons. The Balaban J connectivity index is 0.00000256. The molecule has 3 N–H and O–H groups in total. The summed E-state index contributed by atoms with van der Waals surface area (Å²) in [6.45, 7) is 1.34. The van der Waals surface area contributed by atoms with Crippen molar-refractivity contribution in [3.05, 3.63) is 34.6 Å². The van der Waals surface area contributed by atoms with Gasteiger partial charge in [-0.2, -0.15) is 0 Å². The fourth-order valence-electron chi connectivity index (χ4n) is 1.47.